The molecule has 0 saturated carbocycles. The molecule has 0 spiro atoms. The van der Waals surface area contributed by atoms with E-state index in [-0.39, 0.29) is 11.6 Å². The van der Waals surface area contributed by atoms with Crippen molar-refractivity contribution in [2.75, 3.05) is 32.5 Å². The Hall–Kier alpha value is -1.60. The van der Waals surface area contributed by atoms with Crippen molar-refractivity contribution in [1.29, 1.82) is 0 Å². The molecule has 100 valence electrons. The van der Waals surface area contributed by atoms with Gasteiger partial charge >= 0.3 is 0 Å². The number of halogens is 1. The first-order valence-electron chi connectivity index (χ1n) is 5.34. The molecule has 18 heavy (non-hydrogen) atoms. The highest BCUT2D eigenvalue weighted by molar-refractivity contribution is 6.33. The number of nitrogens with one attached hydrogen (secondary N) is 1. The van der Waals surface area contributed by atoms with Gasteiger partial charge in [0.2, 0.25) is 5.91 Å². The Kier molecular flexibility index (Phi) is 5.11. The van der Waals surface area contributed by atoms with Crippen LogP contribution in [0.3, 0.4) is 0 Å². The lowest BCUT2D eigenvalue weighted by Crippen LogP contribution is -2.30. The number of likely N-dealkylation sites (N-methyl/N-ethyl adjacent to an activating group) is 1. The maximum atomic E-state index is 11.8. The maximum absolute atomic E-state index is 11.8. The quantitative estimate of drug-likeness (QED) is 0.719. The monoisotopic (exact) mass is 273 g/mol. The lowest BCUT2D eigenvalue weighted by Gasteiger charge is -2.12. The molecule has 0 aliphatic rings. The van der Waals surface area contributed by atoms with Gasteiger partial charge in [0, 0.05) is 6.54 Å². The normalized spacial score (nSPS) is 10.7. The van der Waals surface area contributed by atoms with Crippen molar-refractivity contribution in [2.24, 2.45) is 5.73 Å². The molecule has 0 aromatic carbocycles. The van der Waals surface area contributed by atoms with E-state index in [4.69, 9.17) is 17.3 Å². The van der Waals surface area contributed by atoms with Gasteiger partial charge in [-0.25, -0.2) is 4.68 Å². The highest BCUT2D eigenvalue weighted by Crippen LogP contribution is 2.14. The lowest BCUT2D eigenvalue weighted by atomic mass is 10.4. The molecule has 1 aromatic heterocycles. The number of anilines is 1. The molecular formula is C10H16ClN5O2. The van der Waals surface area contributed by atoms with Crippen molar-refractivity contribution in [3.05, 3.63) is 21.6 Å². The number of rotatable bonds is 6. The van der Waals surface area contributed by atoms with E-state index in [0.29, 0.717) is 18.8 Å². The number of primary amides is 1. The first-order chi connectivity index (χ1) is 8.41. The SMILES string of the molecule is CN(C)CCn1ncc(NCC(N)=O)c(Cl)c1=O. The third-order valence-corrected chi connectivity index (χ3v) is 2.56. The molecule has 0 bridgehead atoms. The van der Waals surface area contributed by atoms with E-state index in [1.807, 2.05) is 19.0 Å². The summed E-state index contributed by atoms with van der Waals surface area (Å²) < 4.78 is 1.28. The predicted molar refractivity (Wildman–Crippen MR) is 69.7 cm³/mol. The number of amides is 1. The summed E-state index contributed by atoms with van der Waals surface area (Å²) in [6.07, 6.45) is 1.41. The highest BCUT2D eigenvalue weighted by atomic mass is 35.5. The summed E-state index contributed by atoms with van der Waals surface area (Å²) in [4.78, 5) is 24.4. The van der Waals surface area contributed by atoms with Crippen LogP contribution in [0.25, 0.3) is 0 Å². The molecule has 0 fully saturated rings. The Labute approximate surface area is 110 Å². The molecule has 1 heterocycles. The van der Waals surface area contributed by atoms with E-state index in [2.05, 4.69) is 10.4 Å². The molecule has 1 amide bonds. The van der Waals surface area contributed by atoms with E-state index in [9.17, 15) is 9.59 Å². The van der Waals surface area contributed by atoms with Crippen LogP contribution in [0.4, 0.5) is 5.69 Å². The fourth-order valence-corrected chi connectivity index (χ4v) is 1.44. The van der Waals surface area contributed by atoms with Gasteiger partial charge in [-0.05, 0) is 14.1 Å². The average Bonchev–Trinajstić information content (AvgIpc) is 2.29. The lowest BCUT2D eigenvalue weighted by molar-refractivity contribution is -0.116. The Morgan fingerprint density at radius 2 is 2.28 bits per heavy atom. The first kappa shape index (κ1) is 14.5. The number of nitrogens with zero attached hydrogens (tertiary/aromatic N) is 3. The van der Waals surface area contributed by atoms with E-state index in [1.54, 1.807) is 0 Å². The van der Waals surface area contributed by atoms with Crippen LogP contribution >= 0.6 is 11.6 Å². The van der Waals surface area contributed by atoms with Gasteiger partial charge in [0.15, 0.2) is 0 Å². The van der Waals surface area contributed by atoms with Gasteiger partial charge in [0.25, 0.3) is 5.56 Å². The fourth-order valence-electron chi connectivity index (χ4n) is 1.22. The highest BCUT2D eigenvalue weighted by Gasteiger charge is 2.09. The zero-order valence-electron chi connectivity index (χ0n) is 10.3. The third kappa shape index (κ3) is 4.01. The molecule has 7 nitrogen and oxygen atoms in total. The van der Waals surface area contributed by atoms with Crippen molar-refractivity contribution in [2.45, 2.75) is 6.54 Å². The first-order valence-corrected chi connectivity index (χ1v) is 5.72. The van der Waals surface area contributed by atoms with E-state index in [1.165, 1.54) is 10.9 Å². The molecule has 0 aliphatic heterocycles. The summed E-state index contributed by atoms with van der Waals surface area (Å²) in [7, 11) is 3.80. The molecule has 3 N–H and O–H groups in total. The van der Waals surface area contributed by atoms with Gasteiger partial charge in [-0.2, -0.15) is 5.10 Å². The van der Waals surface area contributed by atoms with Crippen LogP contribution in [0, 0.1) is 0 Å². The summed E-state index contributed by atoms with van der Waals surface area (Å²) >= 11 is 5.90. The summed E-state index contributed by atoms with van der Waals surface area (Å²) in [5, 5.41) is 6.62. The van der Waals surface area contributed by atoms with Crippen LogP contribution in [-0.4, -0.2) is 47.8 Å². The second-order valence-corrected chi connectivity index (χ2v) is 4.40. The van der Waals surface area contributed by atoms with Crippen LogP contribution in [0.5, 0.6) is 0 Å². The second kappa shape index (κ2) is 6.36. The van der Waals surface area contributed by atoms with Gasteiger partial charge in [-0.1, -0.05) is 11.6 Å². The van der Waals surface area contributed by atoms with Crippen molar-refractivity contribution in [3.63, 3.8) is 0 Å². The molecule has 0 atom stereocenters. The molecule has 1 rings (SSSR count). The standard InChI is InChI=1S/C10H16ClN5O2/c1-15(2)3-4-16-10(18)9(11)7(5-14-16)13-6-8(12)17/h5,13H,3-4,6H2,1-2H3,(H2,12,17). The maximum Gasteiger partial charge on any atom is 0.287 e. The number of carbonyl (C=O) groups excluding carboxylic acids is 1. The molecule has 0 unspecified atom stereocenters. The molecule has 1 aromatic rings. The van der Waals surface area contributed by atoms with Crippen LogP contribution in [0.2, 0.25) is 5.02 Å². The minimum Gasteiger partial charge on any atom is -0.373 e. The Morgan fingerprint density at radius 3 is 2.83 bits per heavy atom. The number of hydrogen-bond acceptors (Lipinski definition) is 5. The van der Waals surface area contributed by atoms with Gasteiger partial charge in [-0.3, -0.25) is 9.59 Å². The number of hydrogen-bond donors (Lipinski definition) is 2. The minimum absolute atomic E-state index is 0.00464. The molecule has 0 radical (unpaired) electrons. The predicted octanol–water partition coefficient (Wildman–Crippen LogP) is -0.644. The van der Waals surface area contributed by atoms with Gasteiger partial charge < -0.3 is 16.0 Å². The summed E-state index contributed by atoms with van der Waals surface area (Å²) in [5.74, 6) is -0.539. The van der Waals surface area contributed by atoms with Gasteiger partial charge in [0.05, 0.1) is 25.0 Å². The zero-order valence-corrected chi connectivity index (χ0v) is 11.1. The topological polar surface area (TPSA) is 93.2 Å². The van der Waals surface area contributed by atoms with Crippen LogP contribution in [-0.2, 0) is 11.3 Å². The zero-order chi connectivity index (χ0) is 13.7. The molecular weight excluding hydrogens is 258 g/mol. The van der Waals surface area contributed by atoms with E-state index < -0.39 is 11.5 Å². The van der Waals surface area contributed by atoms with Crippen molar-refractivity contribution < 1.29 is 4.79 Å². The second-order valence-electron chi connectivity index (χ2n) is 4.02. The van der Waals surface area contributed by atoms with Crippen molar-refractivity contribution >= 4 is 23.2 Å². The van der Waals surface area contributed by atoms with Crippen LogP contribution < -0.4 is 16.6 Å². The largest absolute Gasteiger partial charge is 0.373 e. The Balaban J connectivity index is 2.84. The Bertz CT molecular complexity index is 486. The van der Waals surface area contributed by atoms with E-state index >= 15 is 0 Å². The average molecular weight is 274 g/mol. The molecule has 8 heteroatoms. The van der Waals surface area contributed by atoms with Gasteiger partial charge in [0.1, 0.15) is 5.02 Å². The number of aromatic nitrogens is 2. The van der Waals surface area contributed by atoms with Crippen LogP contribution in [0.1, 0.15) is 0 Å². The number of nitrogens with two attached hydrogens (primary N) is 1. The van der Waals surface area contributed by atoms with Crippen LogP contribution in [0.15, 0.2) is 11.0 Å². The van der Waals surface area contributed by atoms with Crippen molar-refractivity contribution in [1.82, 2.24) is 14.7 Å². The summed E-state index contributed by atoms with van der Waals surface area (Å²) in [5.41, 5.74) is 4.90. The molecule has 0 aliphatic carbocycles. The smallest absolute Gasteiger partial charge is 0.287 e. The van der Waals surface area contributed by atoms with E-state index in [0.717, 1.165) is 0 Å². The Morgan fingerprint density at radius 1 is 1.61 bits per heavy atom. The van der Waals surface area contributed by atoms with Crippen molar-refractivity contribution in [3.8, 4) is 0 Å². The fraction of sp³-hybridized carbons (Fsp3) is 0.500. The minimum atomic E-state index is -0.539. The third-order valence-electron chi connectivity index (χ3n) is 2.20. The molecule has 0 saturated heterocycles. The number of carbonyl (C=O) groups is 1. The van der Waals surface area contributed by atoms with Gasteiger partial charge in [-0.15, -0.1) is 0 Å². The summed E-state index contributed by atoms with van der Waals surface area (Å²) in [6, 6.07) is 0. The summed E-state index contributed by atoms with van der Waals surface area (Å²) in [6.45, 7) is 1.03.